The Kier molecular flexibility index (Phi) is 10.9. The Labute approximate surface area is 212 Å². The summed E-state index contributed by atoms with van der Waals surface area (Å²) < 4.78 is 25.8. The summed E-state index contributed by atoms with van der Waals surface area (Å²) in [6.07, 6.45) is -0.314. The number of methoxy groups -OCH3 is 1. The summed E-state index contributed by atoms with van der Waals surface area (Å²) in [5.41, 5.74) is 3.69. The molecule has 0 aliphatic rings. The van der Waals surface area contributed by atoms with E-state index in [1.807, 2.05) is 6.92 Å². The summed E-state index contributed by atoms with van der Waals surface area (Å²) in [5.74, 6) is -1.71. The molecule has 0 unspecified atom stereocenters. The van der Waals surface area contributed by atoms with Crippen molar-refractivity contribution in [3.8, 4) is 11.5 Å². The maximum absolute atomic E-state index is 12.6. The SMILES string of the molecule is CCCOC(=O)OCC[C@@](N)(Cc1ccc(OC(=O)C(C)(C)C)c(OC(=O)C(C)(C)C)c1)C(=O)OC. The molecule has 1 atom stereocenters. The van der Waals surface area contributed by atoms with Crippen molar-refractivity contribution in [2.75, 3.05) is 20.3 Å². The standard InChI is InChI=1S/C26H39NO9/c1-9-13-33-23(31)34-14-12-26(27,22(30)32-8)16-17-10-11-18(35-20(28)24(2,3)4)19(15-17)36-21(29)25(5,6)7/h10-11,15H,9,12-14,16,27H2,1-8H3/t26-/m1/s1. The van der Waals surface area contributed by atoms with E-state index in [2.05, 4.69) is 0 Å². The highest BCUT2D eigenvalue weighted by molar-refractivity contribution is 5.82. The van der Waals surface area contributed by atoms with E-state index in [1.54, 1.807) is 47.6 Å². The zero-order valence-corrected chi connectivity index (χ0v) is 22.5. The molecular formula is C26H39NO9. The van der Waals surface area contributed by atoms with Crippen LogP contribution in [0.1, 0.15) is 66.9 Å². The van der Waals surface area contributed by atoms with Crippen LogP contribution in [0, 0.1) is 10.8 Å². The quantitative estimate of drug-likeness (QED) is 0.364. The summed E-state index contributed by atoms with van der Waals surface area (Å²) in [5, 5.41) is 0. The number of esters is 3. The van der Waals surface area contributed by atoms with Crippen LogP contribution in [0.2, 0.25) is 0 Å². The van der Waals surface area contributed by atoms with Gasteiger partial charge in [-0.2, -0.15) is 0 Å². The zero-order chi connectivity index (χ0) is 27.7. The highest BCUT2D eigenvalue weighted by Gasteiger charge is 2.36. The van der Waals surface area contributed by atoms with Gasteiger partial charge in [-0.1, -0.05) is 13.0 Å². The highest BCUT2D eigenvalue weighted by Crippen LogP contribution is 2.33. The Hall–Kier alpha value is -3.14. The fourth-order valence-electron chi connectivity index (χ4n) is 2.71. The van der Waals surface area contributed by atoms with Gasteiger partial charge in [0.2, 0.25) is 0 Å². The number of hydrogen-bond donors (Lipinski definition) is 1. The van der Waals surface area contributed by atoms with Gasteiger partial charge < -0.3 is 29.4 Å². The van der Waals surface area contributed by atoms with Gasteiger partial charge in [0.25, 0.3) is 0 Å². The summed E-state index contributed by atoms with van der Waals surface area (Å²) in [7, 11) is 1.20. The third kappa shape index (κ3) is 9.49. The second kappa shape index (κ2) is 12.7. The molecule has 202 valence electrons. The number of hydrogen-bond acceptors (Lipinski definition) is 10. The molecule has 0 heterocycles. The molecule has 0 spiro atoms. The van der Waals surface area contributed by atoms with E-state index in [0.717, 1.165) is 0 Å². The molecule has 0 amide bonds. The maximum Gasteiger partial charge on any atom is 0.508 e. The van der Waals surface area contributed by atoms with Crippen molar-refractivity contribution in [3.05, 3.63) is 23.8 Å². The van der Waals surface area contributed by atoms with Crippen molar-refractivity contribution in [1.29, 1.82) is 0 Å². The largest absolute Gasteiger partial charge is 0.508 e. The van der Waals surface area contributed by atoms with E-state index >= 15 is 0 Å². The van der Waals surface area contributed by atoms with Gasteiger partial charge in [-0.25, -0.2) is 4.79 Å². The van der Waals surface area contributed by atoms with Crippen LogP contribution in [0.25, 0.3) is 0 Å². The smallest absolute Gasteiger partial charge is 0.468 e. The molecule has 0 bridgehead atoms. The lowest BCUT2D eigenvalue weighted by atomic mass is 9.88. The average Bonchev–Trinajstić information content (AvgIpc) is 2.77. The molecule has 0 aliphatic carbocycles. The number of carbonyl (C=O) groups excluding carboxylic acids is 4. The molecule has 1 aromatic rings. The lowest BCUT2D eigenvalue weighted by Gasteiger charge is -2.27. The monoisotopic (exact) mass is 509 g/mol. The van der Waals surface area contributed by atoms with Gasteiger partial charge in [-0.05, 0) is 65.7 Å². The first-order chi connectivity index (χ1) is 16.5. The number of ether oxygens (including phenoxy) is 5. The van der Waals surface area contributed by atoms with Crippen molar-refractivity contribution in [2.45, 2.75) is 73.3 Å². The molecule has 0 radical (unpaired) electrons. The average molecular weight is 510 g/mol. The third-order valence-corrected chi connectivity index (χ3v) is 4.94. The van der Waals surface area contributed by atoms with Crippen LogP contribution in [-0.2, 0) is 35.0 Å². The molecule has 0 aromatic heterocycles. The molecule has 0 saturated carbocycles. The minimum atomic E-state index is -1.56. The predicted octanol–water partition coefficient (Wildman–Crippen LogP) is 3.96. The summed E-state index contributed by atoms with van der Waals surface area (Å²) in [6, 6.07) is 4.55. The Balaban J connectivity index is 3.23. The Bertz CT molecular complexity index is 944. The van der Waals surface area contributed by atoms with Gasteiger partial charge in [0.05, 0.1) is 31.2 Å². The molecule has 0 fully saturated rings. The van der Waals surface area contributed by atoms with E-state index < -0.39 is 40.4 Å². The van der Waals surface area contributed by atoms with Gasteiger partial charge in [-0.3, -0.25) is 14.4 Å². The maximum atomic E-state index is 12.6. The van der Waals surface area contributed by atoms with Crippen LogP contribution >= 0.6 is 0 Å². The van der Waals surface area contributed by atoms with Gasteiger partial charge in [0.1, 0.15) is 5.54 Å². The molecule has 1 rings (SSSR count). The second-order valence-electron chi connectivity index (χ2n) is 10.6. The van der Waals surface area contributed by atoms with Crippen molar-refractivity contribution in [2.24, 2.45) is 16.6 Å². The first-order valence-electron chi connectivity index (χ1n) is 11.8. The van der Waals surface area contributed by atoms with E-state index in [4.69, 9.17) is 29.4 Å². The topological polar surface area (TPSA) is 140 Å². The number of nitrogens with two attached hydrogens (primary N) is 1. The van der Waals surface area contributed by atoms with Gasteiger partial charge >= 0.3 is 24.1 Å². The lowest BCUT2D eigenvalue weighted by Crippen LogP contribution is -2.51. The van der Waals surface area contributed by atoms with Crippen LogP contribution in [0.3, 0.4) is 0 Å². The van der Waals surface area contributed by atoms with E-state index in [-0.39, 0.29) is 37.6 Å². The predicted molar refractivity (Wildman–Crippen MR) is 131 cm³/mol. The summed E-state index contributed by atoms with van der Waals surface area (Å²) in [4.78, 5) is 49.2. The fraction of sp³-hybridized carbons (Fsp3) is 0.615. The minimum Gasteiger partial charge on any atom is -0.468 e. The molecule has 2 N–H and O–H groups in total. The van der Waals surface area contributed by atoms with Crippen molar-refractivity contribution >= 4 is 24.1 Å². The van der Waals surface area contributed by atoms with Crippen LogP contribution in [0.15, 0.2) is 18.2 Å². The second-order valence-corrected chi connectivity index (χ2v) is 10.6. The van der Waals surface area contributed by atoms with Gasteiger partial charge in [0.15, 0.2) is 11.5 Å². The highest BCUT2D eigenvalue weighted by atomic mass is 16.7. The Morgan fingerprint density at radius 2 is 1.33 bits per heavy atom. The fourth-order valence-corrected chi connectivity index (χ4v) is 2.71. The first-order valence-corrected chi connectivity index (χ1v) is 11.8. The van der Waals surface area contributed by atoms with E-state index in [0.29, 0.717) is 12.0 Å². The molecule has 36 heavy (non-hydrogen) atoms. The van der Waals surface area contributed by atoms with E-state index in [9.17, 15) is 19.2 Å². The van der Waals surface area contributed by atoms with Crippen LogP contribution in [0.4, 0.5) is 4.79 Å². The Morgan fingerprint density at radius 1 is 0.806 bits per heavy atom. The molecular weight excluding hydrogens is 470 g/mol. The zero-order valence-electron chi connectivity index (χ0n) is 22.5. The number of benzene rings is 1. The molecule has 1 aromatic carbocycles. The van der Waals surface area contributed by atoms with Crippen molar-refractivity contribution in [1.82, 2.24) is 0 Å². The number of rotatable bonds is 10. The van der Waals surface area contributed by atoms with Crippen molar-refractivity contribution < 1.29 is 42.9 Å². The van der Waals surface area contributed by atoms with Gasteiger partial charge in [0, 0.05) is 12.8 Å². The minimum absolute atomic E-state index is 0.0108. The van der Waals surface area contributed by atoms with Crippen LogP contribution in [-0.4, -0.2) is 49.9 Å². The lowest BCUT2D eigenvalue weighted by molar-refractivity contribution is -0.148. The molecule has 10 heteroatoms. The van der Waals surface area contributed by atoms with Gasteiger partial charge in [-0.15, -0.1) is 0 Å². The summed E-state index contributed by atoms with van der Waals surface area (Å²) in [6.45, 7) is 12.0. The van der Waals surface area contributed by atoms with Crippen LogP contribution in [0.5, 0.6) is 11.5 Å². The van der Waals surface area contributed by atoms with Crippen molar-refractivity contribution in [3.63, 3.8) is 0 Å². The number of carbonyl (C=O) groups is 4. The van der Waals surface area contributed by atoms with E-state index in [1.165, 1.54) is 19.2 Å². The summed E-state index contributed by atoms with van der Waals surface area (Å²) >= 11 is 0. The third-order valence-electron chi connectivity index (χ3n) is 4.94. The van der Waals surface area contributed by atoms with Crippen LogP contribution < -0.4 is 15.2 Å². The molecule has 0 saturated heterocycles. The molecule has 0 aliphatic heterocycles. The first kappa shape index (κ1) is 30.9. The molecule has 10 nitrogen and oxygen atoms in total. The Morgan fingerprint density at radius 3 is 1.83 bits per heavy atom. The normalized spacial score (nSPS) is 13.2.